The predicted molar refractivity (Wildman–Crippen MR) is 80.9 cm³/mol. The molecule has 0 saturated carbocycles. The van der Waals surface area contributed by atoms with E-state index in [1.54, 1.807) is 31.2 Å². The van der Waals surface area contributed by atoms with E-state index in [-0.39, 0.29) is 31.2 Å². The van der Waals surface area contributed by atoms with Gasteiger partial charge in [-0.05, 0) is 31.2 Å². The fourth-order valence-electron chi connectivity index (χ4n) is 1.65. The molecule has 0 bridgehead atoms. The highest BCUT2D eigenvalue weighted by Gasteiger charge is 2.11. The first kappa shape index (κ1) is 17.2. The van der Waals surface area contributed by atoms with Crippen molar-refractivity contribution in [3.63, 3.8) is 0 Å². The van der Waals surface area contributed by atoms with Crippen molar-refractivity contribution in [1.29, 1.82) is 0 Å². The van der Waals surface area contributed by atoms with Crippen molar-refractivity contribution in [1.82, 2.24) is 10.6 Å². The van der Waals surface area contributed by atoms with E-state index < -0.39 is 12.0 Å². The third kappa shape index (κ3) is 6.89. The summed E-state index contributed by atoms with van der Waals surface area (Å²) in [6, 6.07) is 6.44. The maximum atomic E-state index is 11.8. The van der Waals surface area contributed by atoms with Crippen LogP contribution in [0.1, 0.15) is 30.1 Å². The molecule has 0 aliphatic rings. The summed E-state index contributed by atoms with van der Waals surface area (Å²) in [5, 5.41) is 13.8. The van der Waals surface area contributed by atoms with Gasteiger partial charge in [-0.2, -0.15) is 0 Å². The number of carboxylic acid groups (broad SMARTS) is 1. The van der Waals surface area contributed by atoms with Crippen molar-refractivity contribution < 1.29 is 19.5 Å². The second kappa shape index (κ2) is 8.41. The Morgan fingerprint density at radius 3 is 2.43 bits per heavy atom. The topological polar surface area (TPSA) is 95.5 Å². The summed E-state index contributed by atoms with van der Waals surface area (Å²) < 4.78 is 0.880. The Hall–Kier alpha value is -1.89. The molecule has 0 radical (unpaired) electrons. The van der Waals surface area contributed by atoms with Gasteiger partial charge in [-0.25, -0.2) is 0 Å². The molecule has 7 heteroatoms. The fourth-order valence-corrected chi connectivity index (χ4v) is 1.92. The number of hydrogen-bond acceptors (Lipinski definition) is 3. The number of carbonyl (C=O) groups excluding carboxylic acids is 2. The molecule has 1 aromatic rings. The first-order valence-electron chi connectivity index (χ1n) is 6.43. The summed E-state index contributed by atoms with van der Waals surface area (Å²) in [7, 11) is 0. The Morgan fingerprint density at radius 1 is 1.24 bits per heavy atom. The van der Waals surface area contributed by atoms with Crippen molar-refractivity contribution in [2.45, 2.75) is 25.8 Å². The SMILES string of the molecule is CC(CC(=O)O)NC(=O)CCNC(=O)c1ccc(Br)cc1. The lowest BCUT2D eigenvalue weighted by molar-refractivity contribution is -0.137. The van der Waals surface area contributed by atoms with E-state index in [1.165, 1.54) is 0 Å². The van der Waals surface area contributed by atoms with E-state index in [0.29, 0.717) is 5.56 Å². The van der Waals surface area contributed by atoms with Crippen LogP contribution in [0.4, 0.5) is 0 Å². The normalized spacial score (nSPS) is 11.5. The van der Waals surface area contributed by atoms with Crippen molar-refractivity contribution >= 4 is 33.7 Å². The van der Waals surface area contributed by atoms with Gasteiger partial charge in [-0.1, -0.05) is 15.9 Å². The molecule has 114 valence electrons. The van der Waals surface area contributed by atoms with Gasteiger partial charge in [0.2, 0.25) is 5.91 Å². The van der Waals surface area contributed by atoms with Gasteiger partial charge < -0.3 is 15.7 Å². The quantitative estimate of drug-likeness (QED) is 0.690. The van der Waals surface area contributed by atoms with Crippen molar-refractivity contribution in [3.05, 3.63) is 34.3 Å². The third-order valence-corrected chi connectivity index (χ3v) is 3.16. The van der Waals surface area contributed by atoms with Crippen LogP contribution in [0, 0.1) is 0 Å². The zero-order chi connectivity index (χ0) is 15.8. The zero-order valence-corrected chi connectivity index (χ0v) is 13.1. The first-order valence-corrected chi connectivity index (χ1v) is 7.22. The molecular weight excluding hydrogens is 340 g/mol. The molecule has 0 aliphatic heterocycles. The minimum Gasteiger partial charge on any atom is -0.481 e. The number of amides is 2. The van der Waals surface area contributed by atoms with E-state index in [0.717, 1.165) is 4.47 Å². The number of carbonyl (C=O) groups is 3. The second-order valence-electron chi connectivity index (χ2n) is 4.58. The van der Waals surface area contributed by atoms with Gasteiger partial charge in [-0.3, -0.25) is 14.4 Å². The van der Waals surface area contributed by atoms with Crippen LogP contribution in [0.5, 0.6) is 0 Å². The van der Waals surface area contributed by atoms with E-state index >= 15 is 0 Å². The summed E-state index contributed by atoms with van der Waals surface area (Å²) in [5.41, 5.74) is 0.512. The number of rotatable bonds is 7. The maximum Gasteiger partial charge on any atom is 0.305 e. The van der Waals surface area contributed by atoms with Crippen LogP contribution < -0.4 is 10.6 Å². The summed E-state index contributed by atoms with van der Waals surface area (Å²) in [6.07, 6.45) is -0.0246. The molecule has 3 N–H and O–H groups in total. The first-order chi connectivity index (χ1) is 9.88. The van der Waals surface area contributed by atoms with Crippen molar-refractivity contribution in [3.8, 4) is 0 Å². The highest BCUT2D eigenvalue weighted by Crippen LogP contribution is 2.10. The number of nitrogens with one attached hydrogen (secondary N) is 2. The molecule has 2 amide bonds. The van der Waals surface area contributed by atoms with Crippen LogP contribution >= 0.6 is 15.9 Å². The van der Waals surface area contributed by atoms with E-state index in [1.807, 2.05) is 0 Å². The molecule has 0 spiro atoms. The monoisotopic (exact) mass is 356 g/mol. The molecule has 1 atom stereocenters. The molecule has 21 heavy (non-hydrogen) atoms. The van der Waals surface area contributed by atoms with Crippen molar-refractivity contribution in [2.75, 3.05) is 6.54 Å². The van der Waals surface area contributed by atoms with Gasteiger partial charge in [0.15, 0.2) is 0 Å². The predicted octanol–water partition coefficient (Wildman–Crippen LogP) is 1.55. The smallest absolute Gasteiger partial charge is 0.305 e. The number of benzene rings is 1. The lowest BCUT2D eigenvalue weighted by Gasteiger charge is -2.11. The Bertz CT molecular complexity index is 516. The van der Waals surface area contributed by atoms with E-state index in [4.69, 9.17) is 5.11 Å². The summed E-state index contributed by atoms with van der Waals surface area (Å²) >= 11 is 3.28. The molecule has 0 heterocycles. The molecule has 1 aromatic carbocycles. The number of carboxylic acids is 1. The number of aliphatic carboxylic acids is 1. The minimum atomic E-state index is -0.966. The Labute approximate surface area is 131 Å². The Kier molecular flexibility index (Phi) is 6.87. The highest BCUT2D eigenvalue weighted by molar-refractivity contribution is 9.10. The average molecular weight is 357 g/mol. The van der Waals surface area contributed by atoms with Crippen LogP contribution in [-0.2, 0) is 9.59 Å². The zero-order valence-electron chi connectivity index (χ0n) is 11.6. The standard InChI is InChI=1S/C14H17BrN2O4/c1-9(8-13(19)20)17-12(18)6-7-16-14(21)10-2-4-11(15)5-3-10/h2-5,9H,6-8H2,1H3,(H,16,21)(H,17,18)(H,19,20). The molecule has 1 unspecified atom stereocenters. The number of halogens is 1. The van der Waals surface area contributed by atoms with Gasteiger partial charge >= 0.3 is 5.97 Å². The fraction of sp³-hybridized carbons (Fsp3) is 0.357. The Morgan fingerprint density at radius 2 is 1.86 bits per heavy atom. The van der Waals surface area contributed by atoms with E-state index in [2.05, 4.69) is 26.6 Å². The summed E-state index contributed by atoms with van der Waals surface area (Å²) in [6.45, 7) is 1.81. The van der Waals surface area contributed by atoms with Gasteiger partial charge in [0.1, 0.15) is 0 Å². The summed E-state index contributed by atoms with van der Waals surface area (Å²) in [4.78, 5) is 33.8. The van der Waals surface area contributed by atoms with Gasteiger partial charge in [0, 0.05) is 29.0 Å². The highest BCUT2D eigenvalue weighted by atomic mass is 79.9. The minimum absolute atomic E-state index is 0.103. The molecule has 0 fully saturated rings. The third-order valence-electron chi connectivity index (χ3n) is 2.63. The van der Waals surface area contributed by atoms with Crippen LogP contribution in [0.2, 0.25) is 0 Å². The second-order valence-corrected chi connectivity index (χ2v) is 5.49. The lowest BCUT2D eigenvalue weighted by Crippen LogP contribution is -2.36. The molecule has 0 aliphatic carbocycles. The van der Waals surface area contributed by atoms with Crippen LogP contribution in [0.25, 0.3) is 0 Å². The summed E-state index contributed by atoms with van der Waals surface area (Å²) in [5.74, 6) is -1.51. The molecule has 0 aromatic heterocycles. The van der Waals surface area contributed by atoms with Gasteiger partial charge in [0.05, 0.1) is 6.42 Å². The molecular formula is C14H17BrN2O4. The lowest BCUT2D eigenvalue weighted by atomic mass is 10.2. The van der Waals surface area contributed by atoms with Crippen molar-refractivity contribution in [2.24, 2.45) is 0 Å². The van der Waals surface area contributed by atoms with Crippen LogP contribution in [-0.4, -0.2) is 35.5 Å². The molecule has 0 saturated heterocycles. The van der Waals surface area contributed by atoms with Gasteiger partial charge in [0.25, 0.3) is 5.91 Å². The maximum absolute atomic E-state index is 11.8. The van der Waals surface area contributed by atoms with Gasteiger partial charge in [-0.15, -0.1) is 0 Å². The van der Waals surface area contributed by atoms with E-state index in [9.17, 15) is 14.4 Å². The average Bonchev–Trinajstić information content (AvgIpc) is 2.38. The van der Waals surface area contributed by atoms with Crippen LogP contribution in [0.3, 0.4) is 0 Å². The molecule has 6 nitrogen and oxygen atoms in total. The van der Waals surface area contributed by atoms with Crippen LogP contribution in [0.15, 0.2) is 28.7 Å². The largest absolute Gasteiger partial charge is 0.481 e. The Balaban J connectivity index is 2.29. The molecule has 1 rings (SSSR count). The number of hydrogen-bond donors (Lipinski definition) is 3.